The summed E-state index contributed by atoms with van der Waals surface area (Å²) in [7, 11) is 1.34. The molecular formula is C10H9F4IO2. The highest BCUT2D eigenvalue weighted by atomic mass is 127. The third-order valence-electron chi connectivity index (χ3n) is 2.02. The molecular weight excluding hydrogens is 355 g/mol. The zero-order valence-electron chi connectivity index (χ0n) is 8.99. The largest absolute Gasteiger partial charge is 0.466 e. The van der Waals surface area contributed by atoms with E-state index in [9.17, 15) is 17.6 Å². The van der Waals surface area contributed by atoms with Gasteiger partial charge < -0.3 is 9.47 Å². The van der Waals surface area contributed by atoms with E-state index in [0.29, 0.717) is 9.64 Å². The first-order valence-electron chi connectivity index (χ1n) is 4.46. The van der Waals surface area contributed by atoms with E-state index >= 15 is 0 Å². The second-order valence-electron chi connectivity index (χ2n) is 3.22. The Labute approximate surface area is 109 Å². The zero-order valence-corrected chi connectivity index (χ0v) is 11.1. The number of methoxy groups -OCH3 is 1. The Morgan fingerprint density at radius 3 is 2.41 bits per heavy atom. The number of alkyl halides is 3. The third kappa shape index (κ3) is 3.21. The molecule has 0 heterocycles. The van der Waals surface area contributed by atoms with Crippen molar-refractivity contribution in [2.45, 2.75) is 13.1 Å². The molecule has 0 unspecified atom stereocenters. The molecule has 0 aromatic heterocycles. The maximum absolute atomic E-state index is 13.4. The van der Waals surface area contributed by atoms with Gasteiger partial charge in [0.1, 0.15) is 11.6 Å². The van der Waals surface area contributed by atoms with E-state index in [1.807, 2.05) is 0 Å². The Balaban J connectivity index is 3.29. The lowest BCUT2D eigenvalue weighted by molar-refractivity contribution is -0.140. The Kier molecular flexibility index (Phi) is 4.59. The highest BCUT2D eigenvalue weighted by molar-refractivity contribution is 14.1. The highest BCUT2D eigenvalue weighted by Gasteiger charge is 2.36. The molecule has 0 saturated carbocycles. The summed E-state index contributed by atoms with van der Waals surface area (Å²) in [6.45, 7) is 1.07. The summed E-state index contributed by atoms with van der Waals surface area (Å²) in [6, 6.07) is 0.642. The van der Waals surface area contributed by atoms with Crippen molar-refractivity contribution in [3.05, 3.63) is 26.6 Å². The van der Waals surface area contributed by atoms with E-state index in [4.69, 9.17) is 4.74 Å². The van der Waals surface area contributed by atoms with Crippen LogP contribution in [0.2, 0.25) is 0 Å². The lowest BCUT2D eigenvalue weighted by Gasteiger charge is -2.15. The van der Waals surface area contributed by atoms with E-state index in [1.165, 1.54) is 14.0 Å². The fraction of sp³-hybridized carbons (Fsp3) is 0.400. The Morgan fingerprint density at radius 2 is 1.94 bits per heavy atom. The van der Waals surface area contributed by atoms with E-state index < -0.39 is 17.6 Å². The van der Waals surface area contributed by atoms with Crippen molar-refractivity contribution in [1.82, 2.24) is 0 Å². The Morgan fingerprint density at radius 1 is 1.35 bits per heavy atom. The van der Waals surface area contributed by atoms with Crippen LogP contribution in [0.15, 0.2) is 6.07 Å². The molecule has 0 atom stereocenters. The minimum absolute atomic E-state index is 0.0429. The van der Waals surface area contributed by atoms with Gasteiger partial charge in [0.2, 0.25) is 0 Å². The van der Waals surface area contributed by atoms with Gasteiger partial charge in [-0.05, 0) is 35.6 Å². The molecule has 1 rings (SSSR count). The average Bonchev–Trinajstić information content (AvgIpc) is 2.23. The van der Waals surface area contributed by atoms with Crippen molar-refractivity contribution in [2.24, 2.45) is 0 Å². The fourth-order valence-corrected chi connectivity index (χ4v) is 1.72. The summed E-state index contributed by atoms with van der Waals surface area (Å²) >= 11 is 1.73. The molecule has 1 aromatic rings. The van der Waals surface area contributed by atoms with Crippen LogP contribution in [-0.4, -0.2) is 13.9 Å². The van der Waals surface area contributed by atoms with E-state index in [-0.39, 0.29) is 18.1 Å². The summed E-state index contributed by atoms with van der Waals surface area (Å²) in [5.74, 6) is -1.31. The van der Waals surface area contributed by atoms with Gasteiger partial charge in [-0.1, -0.05) is 0 Å². The standard InChI is InChI=1S/C10H9F4IO2/c1-5-8(11)6(10(12,13)14)3-7(9(5)15)17-4-16-2/h3H,4H2,1-2H3. The van der Waals surface area contributed by atoms with Gasteiger partial charge in [-0.15, -0.1) is 0 Å². The Bertz CT molecular complexity index is 418. The van der Waals surface area contributed by atoms with Crippen molar-refractivity contribution in [3.63, 3.8) is 0 Å². The summed E-state index contributed by atoms with van der Waals surface area (Å²) < 4.78 is 60.9. The molecule has 7 heteroatoms. The van der Waals surface area contributed by atoms with Gasteiger partial charge in [0.25, 0.3) is 0 Å². The number of hydrogen-bond acceptors (Lipinski definition) is 2. The molecule has 0 N–H and O–H groups in total. The van der Waals surface area contributed by atoms with Crippen molar-refractivity contribution in [2.75, 3.05) is 13.9 Å². The van der Waals surface area contributed by atoms with E-state index in [1.54, 1.807) is 22.6 Å². The number of benzene rings is 1. The van der Waals surface area contributed by atoms with Crippen LogP contribution in [-0.2, 0) is 10.9 Å². The van der Waals surface area contributed by atoms with Crippen LogP contribution in [0.5, 0.6) is 5.75 Å². The summed E-state index contributed by atoms with van der Waals surface area (Å²) in [4.78, 5) is 0. The third-order valence-corrected chi connectivity index (χ3v) is 3.37. The van der Waals surface area contributed by atoms with Gasteiger partial charge in [0.05, 0.1) is 9.13 Å². The molecule has 0 aliphatic rings. The molecule has 0 saturated heterocycles. The van der Waals surface area contributed by atoms with Gasteiger partial charge >= 0.3 is 6.18 Å². The Hall–Kier alpha value is -0.570. The van der Waals surface area contributed by atoms with Gasteiger partial charge in [-0.3, -0.25) is 0 Å². The van der Waals surface area contributed by atoms with Gasteiger partial charge in [0, 0.05) is 12.7 Å². The normalized spacial score (nSPS) is 11.7. The predicted molar refractivity (Wildman–Crippen MR) is 61.4 cm³/mol. The molecule has 0 spiro atoms. The van der Waals surface area contributed by atoms with Crippen molar-refractivity contribution < 1.29 is 27.0 Å². The zero-order chi connectivity index (χ0) is 13.2. The quantitative estimate of drug-likeness (QED) is 0.462. The van der Waals surface area contributed by atoms with Crippen molar-refractivity contribution in [3.8, 4) is 5.75 Å². The molecule has 0 amide bonds. The van der Waals surface area contributed by atoms with E-state index in [2.05, 4.69) is 4.74 Å². The van der Waals surface area contributed by atoms with Gasteiger partial charge in [0.15, 0.2) is 6.79 Å². The maximum Gasteiger partial charge on any atom is 0.419 e. The highest BCUT2D eigenvalue weighted by Crippen LogP contribution is 2.38. The first kappa shape index (κ1) is 14.5. The molecule has 0 radical (unpaired) electrons. The molecule has 0 aliphatic heterocycles. The lowest BCUT2D eigenvalue weighted by Crippen LogP contribution is -2.12. The number of ether oxygens (including phenoxy) is 2. The van der Waals surface area contributed by atoms with Gasteiger partial charge in [-0.2, -0.15) is 13.2 Å². The molecule has 17 heavy (non-hydrogen) atoms. The first-order valence-corrected chi connectivity index (χ1v) is 5.54. The van der Waals surface area contributed by atoms with Crippen LogP contribution in [0, 0.1) is 16.3 Å². The first-order chi connectivity index (χ1) is 7.79. The van der Waals surface area contributed by atoms with Crippen molar-refractivity contribution in [1.29, 1.82) is 0 Å². The van der Waals surface area contributed by atoms with Gasteiger partial charge in [-0.25, -0.2) is 4.39 Å². The fourth-order valence-electron chi connectivity index (χ4n) is 1.17. The number of rotatable bonds is 3. The summed E-state index contributed by atoms with van der Waals surface area (Å²) in [5.41, 5.74) is -1.42. The molecule has 0 bridgehead atoms. The number of hydrogen-bond donors (Lipinski definition) is 0. The predicted octanol–water partition coefficient (Wildman–Crippen LogP) is 3.74. The SMILES string of the molecule is COCOc1cc(C(F)(F)F)c(F)c(C)c1I. The molecule has 1 aromatic carbocycles. The average molecular weight is 364 g/mol. The molecule has 0 aliphatic carbocycles. The van der Waals surface area contributed by atoms with Crippen LogP contribution >= 0.6 is 22.6 Å². The van der Waals surface area contributed by atoms with Crippen LogP contribution in [0.4, 0.5) is 17.6 Å². The van der Waals surface area contributed by atoms with E-state index in [0.717, 1.165) is 0 Å². The molecule has 96 valence electrons. The monoisotopic (exact) mass is 364 g/mol. The maximum atomic E-state index is 13.4. The summed E-state index contributed by atoms with van der Waals surface area (Å²) in [6.07, 6.45) is -4.75. The van der Waals surface area contributed by atoms with Crippen LogP contribution in [0.25, 0.3) is 0 Å². The van der Waals surface area contributed by atoms with Crippen LogP contribution < -0.4 is 4.74 Å². The smallest absolute Gasteiger partial charge is 0.419 e. The second kappa shape index (κ2) is 5.38. The minimum atomic E-state index is -4.75. The van der Waals surface area contributed by atoms with Crippen molar-refractivity contribution >= 4 is 22.6 Å². The number of halogens is 5. The second-order valence-corrected chi connectivity index (χ2v) is 4.30. The van der Waals surface area contributed by atoms with Crippen LogP contribution in [0.1, 0.15) is 11.1 Å². The summed E-state index contributed by atoms with van der Waals surface area (Å²) in [5, 5.41) is 0. The minimum Gasteiger partial charge on any atom is -0.466 e. The molecule has 0 fully saturated rings. The lowest BCUT2D eigenvalue weighted by atomic mass is 10.1. The molecule has 2 nitrogen and oxygen atoms in total. The topological polar surface area (TPSA) is 18.5 Å². The van der Waals surface area contributed by atoms with Crippen LogP contribution in [0.3, 0.4) is 0 Å².